The van der Waals surface area contributed by atoms with Gasteiger partial charge in [-0.2, -0.15) is 5.26 Å². The van der Waals surface area contributed by atoms with Gasteiger partial charge in [0.05, 0.1) is 11.7 Å². The molecule has 1 heterocycles. The average Bonchev–Trinajstić information content (AvgIpc) is 2.63. The number of H-pyrrole nitrogens is 1. The van der Waals surface area contributed by atoms with Crippen LogP contribution in [-0.4, -0.2) is 40.6 Å². The van der Waals surface area contributed by atoms with Crippen molar-refractivity contribution < 1.29 is 9.90 Å². The van der Waals surface area contributed by atoms with Crippen LogP contribution in [0.1, 0.15) is 23.0 Å². The summed E-state index contributed by atoms with van der Waals surface area (Å²) in [6, 6.07) is 3.42. The summed E-state index contributed by atoms with van der Waals surface area (Å²) in [6.45, 7) is 1.87. The van der Waals surface area contributed by atoms with E-state index in [1.165, 1.54) is 17.2 Å². The third kappa shape index (κ3) is 2.82. The molecule has 0 aliphatic rings. The summed E-state index contributed by atoms with van der Waals surface area (Å²) >= 11 is 0. The molecule has 0 fully saturated rings. The Morgan fingerprint density at radius 1 is 1.80 bits per heavy atom. The average molecular weight is 207 g/mol. The normalized spacial score (nSPS) is 11.9. The fraction of sp³-hybridized carbons (Fsp3) is 0.400. The molecule has 1 unspecified atom stereocenters. The number of nitrogens with one attached hydrogen (secondary N) is 1. The second-order valence-electron chi connectivity index (χ2n) is 3.45. The molecule has 0 saturated heterocycles. The Balaban J connectivity index is 2.72. The summed E-state index contributed by atoms with van der Waals surface area (Å²) in [5.74, 6) is -0.239. The third-order valence-corrected chi connectivity index (χ3v) is 1.93. The molecule has 80 valence electrons. The predicted molar refractivity (Wildman–Crippen MR) is 54.1 cm³/mol. The maximum Gasteiger partial charge on any atom is 0.270 e. The van der Waals surface area contributed by atoms with Crippen LogP contribution in [0.25, 0.3) is 0 Å². The second-order valence-corrected chi connectivity index (χ2v) is 3.45. The van der Waals surface area contributed by atoms with Crippen molar-refractivity contribution in [2.75, 3.05) is 13.6 Å². The van der Waals surface area contributed by atoms with Crippen LogP contribution in [-0.2, 0) is 0 Å². The Morgan fingerprint density at radius 3 is 2.93 bits per heavy atom. The van der Waals surface area contributed by atoms with Crippen LogP contribution >= 0.6 is 0 Å². The number of amides is 1. The number of rotatable bonds is 3. The van der Waals surface area contributed by atoms with Crippen molar-refractivity contribution in [1.29, 1.82) is 5.26 Å². The Kier molecular flexibility index (Phi) is 3.47. The number of nitriles is 1. The van der Waals surface area contributed by atoms with Gasteiger partial charge in [0.25, 0.3) is 5.91 Å². The first-order valence-corrected chi connectivity index (χ1v) is 4.56. The van der Waals surface area contributed by atoms with Gasteiger partial charge in [-0.25, -0.2) is 0 Å². The van der Waals surface area contributed by atoms with Crippen LogP contribution in [0.5, 0.6) is 0 Å². The van der Waals surface area contributed by atoms with E-state index in [1.807, 2.05) is 6.07 Å². The van der Waals surface area contributed by atoms with Crippen LogP contribution in [0.15, 0.2) is 12.3 Å². The van der Waals surface area contributed by atoms with Crippen molar-refractivity contribution in [2.24, 2.45) is 0 Å². The highest BCUT2D eigenvalue weighted by Gasteiger charge is 2.14. The molecule has 1 atom stereocenters. The standard InChI is InChI=1S/C10H13N3O2/c1-7(14)6-13(2)10(15)9-3-8(4-11)5-12-9/h3,5,7,12,14H,6H2,1-2H3. The van der Waals surface area contributed by atoms with Gasteiger partial charge < -0.3 is 15.0 Å². The van der Waals surface area contributed by atoms with E-state index >= 15 is 0 Å². The summed E-state index contributed by atoms with van der Waals surface area (Å²) < 4.78 is 0. The van der Waals surface area contributed by atoms with Crippen molar-refractivity contribution in [3.63, 3.8) is 0 Å². The number of aliphatic hydroxyl groups is 1. The molecule has 0 aliphatic heterocycles. The highest BCUT2D eigenvalue weighted by atomic mass is 16.3. The van der Waals surface area contributed by atoms with Crippen LogP contribution in [0.2, 0.25) is 0 Å². The summed E-state index contributed by atoms with van der Waals surface area (Å²) in [4.78, 5) is 15.8. The molecule has 5 nitrogen and oxygen atoms in total. The molecule has 0 spiro atoms. The fourth-order valence-corrected chi connectivity index (χ4v) is 1.27. The van der Waals surface area contributed by atoms with E-state index in [0.29, 0.717) is 11.3 Å². The van der Waals surface area contributed by atoms with Crippen molar-refractivity contribution in [2.45, 2.75) is 13.0 Å². The number of aliphatic hydroxyl groups excluding tert-OH is 1. The van der Waals surface area contributed by atoms with Crippen molar-refractivity contribution in [3.8, 4) is 6.07 Å². The zero-order chi connectivity index (χ0) is 11.4. The van der Waals surface area contributed by atoms with E-state index in [1.54, 1.807) is 14.0 Å². The number of carbonyl (C=O) groups is 1. The second kappa shape index (κ2) is 4.62. The highest BCUT2D eigenvalue weighted by molar-refractivity contribution is 5.92. The number of aromatic nitrogens is 1. The van der Waals surface area contributed by atoms with Gasteiger partial charge in [-0.15, -0.1) is 0 Å². The minimum Gasteiger partial charge on any atom is -0.392 e. The summed E-state index contributed by atoms with van der Waals surface area (Å²) in [7, 11) is 1.60. The minimum atomic E-state index is -0.565. The molecular formula is C10H13N3O2. The lowest BCUT2D eigenvalue weighted by Gasteiger charge is -2.17. The van der Waals surface area contributed by atoms with Crippen LogP contribution in [0, 0.1) is 11.3 Å². The van der Waals surface area contributed by atoms with Gasteiger partial charge in [-0.05, 0) is 13.0 Å². The molecule has 0 aromatic carbocycles. The van der Waals surface area contributed by atoms with Gasteiger partial charge in [0.1, 0.15) is 11.8 Å². The fourth-order valence-electron chi connectivity index (χ4n) is 1.27. The lowest BCUT2D eigenvalue weighted by molar-refractivity contribution is 0.0699. The minimum absolute atomic E-state index is 0.239. The molecule has 15 heavy (non-hydrogen) atoms. The van der Waals surface area contributed by atoms with E-state index < -0.39 is 6.10 Å². The molecule has 0 bridgehead atoms. The van der Waals surface area contributed by atoms with Gasteiger partial charge in [-0.3, -0.25) is 4.79 Å². The number of carbonyl (C=O) groups excluding carboxylic acids is 1. The Morgan fingerprint density at radius 2 is 2.47 bits per heavy atom. The van der Waals surface area contributed by atoms with Gasteiger partial charge in [-0.1, -0.05) is 0 Å². The van der Waals surface area contributed by atoms with Gasteiger partial charge >= 0.3 is 0 Å². The zero-order valence-corrected chi connectivity index (χ0v) is 8.69. The van der Waals surface area contributed by atoms with Crippen LogP contribution in [0.3, 0.4) is 0 Å². The molecule has 0 aliphatic carbocycles. The largest absolute Gasteiger partial charge is 0.392 e. The molecule has 1 aromatic heterocycles. The monoisotopic (exact) mass is 207 g/mol. The van der Waals surface area contributed by atoms with Gasteiger partial charge in [0.2, 0.25) is 0 Å². The molecule has 5 heteroatoms. The zero-order valence-electron chi connectivity index (χ0n) is 8.69. The first-order valence-electron chi connectivity index (χ1n) is 4.56. The summed E-state index contributed by atoms with van der Waals surface area (Å²) in [5.41, 5.74) is 0.776. The Labute approximate surface area is 87.9 Å². The van der Waals surface area contributed by atoms with Gasteiger partial charge in [0.15, 0.2) is 0 Å². The maximum absolute atomic E-state index is 11.7. The van der Waals surface area contributed by atoms with Crippen LogP contribution < -0.4 is 0 Å². The third-order valence-electron chi connectivity index (χ3n) is 1.93. The van der Waals surface area contributed by atoms with Crippen molar-refractivity contribution in [1.82, 2.24) is 9.88 Å². The molecule has 1 rings (SSSR count). The number of nitrogens with zero attached hydrogens (tertiary/aromatic N) is 2. The Bertz CT molecular complexity index is 390. The van der Waals surface area contributed by atoms with Crippen molar-refractivity contribution >= 4 is 5.91 Å². The summed E-state index contributed by atoms with van der Waals surface area (Å²) in [6.07, 6.45) is 0.910. The highest BCUT2D eigenvalue weighted by Crippen LogP contribution is 2.05. The SMILES string of the molecule is CC(O)CN(C)C(=O)c1cc(C#N)c[nH]1. The summed E-state index contributed by atoms with van der Waals surface area (Å²) in [5, 5.41) is 17.7. The topological polar surface area (TPSA) is 80.1 Å². The van der Waals surface area contributed by atoms with E-state index in [-0.39, 0.29) is 12.5 Å². The number of aromatic amines is 1. The number of hydrogen-bond acceptors (Lipinski definition) is 3. The van der Waals surface area contributed by atoms with E-state index in [9.17, 15) is 4.79 Å². The smallest absolute Gasteiger partial charge is 0.270 e. The molecule has 1 aromatic rings. The van der Waals surface area contributed by atoms with E-state index in [4.69, 9.17) is 10.4 Å². The maximum atomic E-state index is 11.7. The van der Waals surface area contributed by atoms with Crippen molar-refractivity contribution in [3.05, 3.63) is 23.5 Å². The van der Waals surface area contributed by atoms with E-state index in [0.717, 1.165) is 0 Å². The predicted octanol–water partition coefficient (Wildman–Crippen LogP) is 0.339. The number of likely N-dealkylation sites (N-methyl/N-ethyl adjacent to an activating group) is 1. The molecule has 1 amide bonds. The van der Waals surface area contributed by atoms with Crippen LogP contribution in [0.4, 0.5) is 0 Å². The first-order chi connectivity index (χ1) is 7.04. The molecule has 0 radical (unpaired) electrons. The number of hydrogen-bond donors (Lipinski definition) is 2. The van der Waals surface area contributed by atoms with E-state index in [2.05, 4.69) is 4.98 Å². The quantitative estimate of drug-likeness (QED) is 0.750. The molecule has 2 N–H and O–H groups in total. The molecular weight excluding hydrogens is 194 g/mol. The Hall–Kier alpha value is -1.80. The lowest BCUT2D eigenvalue weighted by atomic mass is 10.3. The molecule has 0 saturated carbocycles. The first kappa shape index (κ1) is 11.3. The lowest BCUT2D eigenvalue weighted by Crippen LogP contribution is -2.33. The van der Waals surface area contributed by atoms with Gasteiger partial charge in [0, 0.05) is 19.8 Å².